The Kier molecular flexibility index (Phi) is 6.77. The SMILES string of the molecule is CN(C)C(=O)CCCOc1c(Cl)cc(Br)cc1S(=O)(=O)Cl. The summed E-state index contributed by atoms with van der Waals surface area (Å²) in [4.78, 5) is 12.7. The maximum Gasteiger partial charge on any atom is 0.265 e. The molecule has 1 aromatic rings. The third kappa shape index (κ3) is 5.65. The number of hydrogen-bond donors (Lipinski definition) is 0. The highest BCUT2D eigenvalue weighted by Crippen LogP contribution is 2.37. The minimum absolute atomic E-state index is 0.00725. The van der Waals surface area contributed by atoms with Crippen molar-refractivity contribution in [1.29, 1.82) is 0 Å². The highest BCUT2D eigenvalue weighted by molar-refractivity contribution is 9.10. The Morgan fingerprint density at radius 1 is 1.38 bits per heavy atom. The predicted molar refractivity (Wildman–Crippen MR) is 85.6 cm³/mol. The summed E-state index contributed by atoms with van der Waals surface area (Å²) in [5.41, 5.74) is 0. The Morgan fingerprint density at radius 3 is 2.52 bits per heavy atom. The van der Waals surface area contributed by atoms with Crippen LogP contribution in [0, 0.1) is 0 Å². The van der Waals surface area contributed by atoms with Crippen LogP contribution in [0.1, 0.15) is 12.8 Å². The Balaban J connectivity index is 2.82. The summed E-state index contributed by atoms with van der Waals surface area (Å²) in [5.74, 6) is -0.0436. The van der Waals surface area contributed by atoms with E-state index in [0.29, 0.717) is 17.3 Å². The fourth-order valence-electron chi connectivity index (χ4n) is 1.48. The van der Waals surface area contributed by atoms with E-state index >= 15 is 0 Å². The number of nitrogens with zero attached hydrogens (tertiary/aromatic N) is 1. The normalized spacial score (nSPS) is 11.3. The van der Waals surface area contributed by atoms with Gasteiger partial charge in [-0.25, -0.2) is 8.42 Å². The highest BCUT2D eigenvalue weighted by atomic mass is 79.9. The Morgan fingerprint density at radius 2 is 2.00 bits per heavy atom. The average molecular weight is 419 g/mol. The molecular weight excluding hydrogens is 405 g/mol. The topological polar surface area (TPSA) is 63.7 Å². The number of amides is 1. The molecule has 0 fully saturated rings. The van der Waals surface area contributed by atoms with Crippen LogP contribution in [0.25, 0.3) is 0 Å². The lowest BCUT2D eigenvalue weighted by molar-refractivity contribution is -0.128. The van der Waals surface area contributed by atoms with E-state index in [4.69, 9.17) is 27.0 Å². The zero-order valence-corrected chi connectivity index (χ0v) is 15.3. The van der Waals surface area contributed by atoms with E-state index in [1.165, 1.54) is 17.0 Å². The zero-order valence-electron chi connectivity index (χ0n) is 11.4. The van der Waals surface area contributed by atoms with Crippen LogP contribution >= 0.6 is 38.2 Å². The summed E-state index contributed by atoms with van der Waals surface area (Å²) in [7, 11) is 4.70. The smallest absolute Gasteiger partial charge is 0.265 e. The van der Waals surface area contributed by atoms with E-state index in [1.807, 2.05) is 0 Å². The van der Waals surface area contributed by atoms with E-state index in [0.717, 1.165) is 0 Å². The van der Waals surface area contributed by atoms with E-state index in [2.05, 4.69) is 15.9 Å². The monoisotopic (exact) mass is 417 g/mol. The second-order valence-corrected chi connectivity index (χ2v) is 8.25. The average Bonchev–Trinajstić information content (AvgIpc) is 2.34. The van der Waals surface area contributed by atoms with Gasteiger partial charge in [0.25, 0.3) is 9.05 Å². The van der Waals surface area contributed by atoms with Gasteiger partial charge in [0.05, 0.1) is 11.6 Å². The van der Waals surface area contributed by atoms with Crippen molar-refractivity contribution in [2.45, 2.75) is 17.7 Å². The highest BCUT2D eigenvalue weighted by Gasteiger charge is 2.21. The minimum atomic E-state index is -3.99. The third-order valence-electron chi connectivity index (χ3n) is 2.52. The molecule has 9 heteroatoms. The molecule has 0 N–H and O–H groups in total. The lowest BCUT2D eigenvalue weighted by Gasteiger charge is -2.13. The second-order valence-electron chi connectivity index (χ2n) is 4.39. The molecule has 0 aliphatic rings. The number of hydrogen-bond acceptors (Lipinski definition) is 4. The van der Waals surface area contributed by atoms with Crippen molar-refractivity contribution in [3.05, 3.63) is 21.6 Å². The van der Waals surface area contributed by atoms with Gasteiger partial charge in [-0.15, -0.1) is 0 Å². The number of carbonyl (C=O) groups excluding carboxylic acids is 1. The van der Waals surface area contributed by atoms with Crippen LogP contribution in [0.5, 0.6) is 5.75 Å². The maximum absolute atomic E-state index is 11.5. The molecule has 118 valence electrons. The van der Waals surface area contributed by atoms with Gasteiger partial charge in [0, 0.05) is 35.7 Å². The first-order valence-corrected chi connectivity index (χ1v) is 9.37. The van der Waals surface area contributed by atoms with Crippen LogP contribution in [0.3, 0.4) is 0 Å². The Bertz CT molecular complexity index is 634. The number of halogens is 3. The molecule has 1 rings (SSSR count). The van der Waals surface area contributed by atoms with Crippen molar-refractivity contribution in [3.63, 3.8) is 0 Å². The molecule has 0 radical (unpaired) electrons. The molecule has 0 bridgehead atoms. The molecule has 0 atom stereocenters. The Labute approximate surface area is 141 Å². The van der Waals surface area contributed by atoms with Crippen LogP contribution < -0.4 is 4.74 Å². The molecule has 21 heavy (non-hydrogen) atoms. The molecule has 0 aromatic heterocycles. The van der Waals surface area contributed by atoms with Gasteiger partial charge in [0.1, 0.15) is 4.90 Å². The lowest BCUT2D eigenvalue weighted by atomic mass is 10.3. The van der Waals surface area contributed by atoms with E-state index in [-0.39, 0.29) is 28.2 Å². The van der Waals surface area contributed by atoms with Crippen LogP contribution in [0.2, 0.25) is 5.02 Å². The first kappa shape index (κ1) is 18.5. The van der Waals surface area contributed by atoms with Crippen molar-refractivity contribution in [3.8, 4) is 5.75 Å². The maximum atomic E-state index is 11.5. The minimum Gasteiger partial charge on any atom is -0.491 e. The van der Waals surface area contributed by atoms with Crippen LogP contribution in [-0.4, -0.2) is 39.9 Å². The zero-order chi connectivity index (χ0) is 16.2. The quantitative estimate of drug-likeness (QED) is 0.525. The number of ether oxygens (including phenoxy) is 1. The van der Waals surface area contributed by atoms with E-state index in [1.54, 1.807) is 14.1 Å². The van der Waals surface area contributed by atoms with Gasteiger partial charge in [-0.1, -0.05) is 27.5 Å². The van der Waals surface area contributed by atoms with Crippen LogP contribution in [-0.2, 0) is 13.8 Å². The first-order valence-electron chi connectivity index (χ1n) is 5.89. The molecule has 0 aliphatic heterocycles. The predicted octanol–water partition coefficient (Wildman–Crippen LogP) is 3.28. The number of rotatable bonds is 6. The molecule has 0 heterocycles. The van der Waals surface area contributed by atoms with Gasteiger partial charge >= 0.3 is 0 Å². The van der Waals surface area contributed by atoms with Gasteiger partial charge in [-0.05, 0) is 18.6 Å². The summed E-state index contributed by atoms with van der Waals surface area (Å²) in [5, 5.41) is 0.127. The summed E-state index contributed by atoms with van der Waals surface area (Å²) in [6.07, 6.45) is 0.731. The molecular formula is C12H14BrCl2NO4S. The van der Waals surface area contributed by atoms with Gasteiger partial charge in [0.2, 0.25) is 5.91 Å². The fraction of sp³-hybridized carbons (Fsp3) is 0.417. The molecule has 0 spiro atoms. The first-order chi connectivity index (χ1) is 9.62. The van der Waals surface area contributed by atoms with Gasteiger partial charge < -0.3 is 9.64 Å². The number of benzene rings is 1. The van der Waals surface area contributed by atoms with Gasteiger partial charge in [0.15, 0.2) is 5.75 Å². The van der Waals surface area contributed by atoms with Crippen molar-refractivity contribution >= 4 is 53.2 Å². The van der Waals surface area contributed by atoms with Gasteiger partial charge in [-0.3, -0.25) is 4.79 Å². The standard InChI is InChI=1S/C12H14BrCl2NO4S/c1-16(2)11(17)4-3-5-20-12-9(14)6-8(13)7-10(12)21(15,18)19/h6-7H,3-5H2,1-2H3. The van der Waals surface area contributed by atoms with Gasteiger partial charge in [-0.2, -0.15) is 0 Å². The largest absolute Gasteiger partial charge is 0.491 e. The van der Waals surface area contributed by atoms with Crippen molar-refractivity contribution in [2.75, 3.05) is 20.7 Å². The molecule has 0 saturated carbocycles. The van der Waals surface area contributed by atoms with E-state index in [9.17, 15) is 13.2 Å². The Hall–Kier alpha value is -0.500. The molecule has 0 aliphatic carbocycles. The summed E-state index contributed by atoms with van der Waals surface area (Å²) >= 11 is 9.12. The second kappa shape index (κ2) is 7.67. The van der Waals surface area contributed by atoms with E-state index < -0.39 is 9.05 Å². The van der Waals surface area contributed by atoms with Crippen molar-refractivity contribution in [1.82, 2.24) is 4.90 Å². The summed E-state index contributed by atoms with van der Waals surface area (Å²) in [6.45, 7) is 0.153. The molecule has 0 unspecified atom stereocenters. The number of carbonyl (C=O) groups is 1. The van der Waals surface area contributed by atoms with Crippen LogP contribution in [0.4, 0.5) is 0 Å². The van der Waals surface area contributed by atoms with Crippen LogP contribution in [0.15, 0.2) is 21.5 Å². The molecule has 1 aromatic carbocycles. The fourth-order valence-corrected chi connectivity index (χ4v) is 3.55. The molecule has 1 amide bonds. The molecule has 5 nitrogen and oxygen atoms in total. The summed E-state index contributed by atoms with van der Waals surface area (Å²) < 4.78 is 28.9. The lowest BCUT2D eigenvalue weighted by Crippen LogP contribution is -2.21. The van der Waals surface area contributed by atoms with Crippen molar-refractivity contribution in [2.24, 2.45) is 0 Å². The van der Waals surface area contributed by atoms with Crippen molar-refractivity contribution < 1.29 is 17.9 Å². The summed E-state index contributed by atoms with van der Waals surface area (Å²) in [6, 6.07) is 2.82. The third-order valence-corrected chi connectivity index (χ3v) is 4.58. The molecule has 0 saturated heterocycles.